The van der Waals surface area contributed by atoms with Crippen LogP contribution in [0.5, 0.6) is 0 Å². The number of nitrogens with zero attached hydrogens (tertiary/aromatic N) is 2. The number of halogens is 2. The molecule has 9 heteroatoms. The SMILES string of the molecule is Cn1nccc1C(=O)Nc1ccc(S(=O)(=O)Cl)c(F)c1. The summed E-state index contributed by atoms with van der Waals surface area (Å²) in [4.78, 5) is 11.2. The summed E-state index contributed by atoms with van der Waals surface area (Å²) in [7, 11) is 2.48. The number of hydrogen-bond acceptors (Lipinski definition) is 4. The van der Waals surface area contributed by atoms with Crippen molar-refractivity contribution in [3.8, 4) is 0 Å². The third kappa shape index (κ3) is 2.97. The fraction of sp³-hybridized carbons (Fsp3) is 0.0909. The van der Waals surface area contributed by atoms with Gasteiger partial charge in [0.15, 0.2) is 0 Å². The summed E-state index contributed by atoms with van der Waals surface area (Å²) in [5.74, 6) is -1.53. The molecule has 0 spiro atoms. The lowest BCUT2D eigenvalue weighted by Crippen LogP contribution is -2.16. The molecule has 106 valence electrons. The molecule has 1 aromatic carbocycles. The number of amides is 1. The molecule has 2 rings (SSSR count). The second kappa shape index (κ2) is 5.22. The number of nitrogens with one attached hydrogen (secondary N) is 1. The Morgan fingerprint density at radius 3 is 2.60 bits per heavy atom. The third-order valence-electron chi connectivity index (χ3n) is 2.51. The van der Waals surface area contributed by atoms with E-state index in [2.05, 4.69) is 10.4 Å². The largest absolute Gasteiger partial charge is 0.321 e. The quantitative estimate of drug-likeness (QED) is 0.874. The Labute approximate surface area is 118 Å². The highest BCUT2D eigenvalue weighted by molar-refractivity contribution is 8.13. The summed E-state index contributed by atoms with van der Waals surface area (Å²) in [5.41, 5.74) is 0.386. The van der Waals surface area contributed by atoms with Crippen LogP contribution in [0.4, 0.5) is 10.1 Å². The van der Waals surface area contributed by atoms with E-state index in [0.29, 0.717) is 0 Å². The van der Waals surface area contributed by atoms with E-state index in [9.17, 15) is 17.6 Å². The minimum absolute atomic E-state index is 0.109. The number of carbonyl (C=O) groups excluding carboxylic acids is 1. The van der Waals surface area contributed by atoms with E-state index in [0.717, 1.165) is 12.1 Å². The Morgan fingerprint density at radius 1 is 1.40 bits per heavy atom. The molecule has 0 atom stereocenters. The molecule has 0 saturated heterocycles. The maximum Gasteiger partial charge on any atom is 0.273 e. The van der Waals surface area contributed by atoms with Crippen molar-refractivity contribution < 1.29 is 17.6 Å². The van der Waals surface area contributed by atoms with Crippen LogP contribution < -0.4 is 5.32 Å². The molecule has 0 aliphatic rings. The molecule has 1 heterocycles. The number of benzene rings is 1. The zero-order chi connectivity index (χ0) is 14.9. The lowest BCUT2D eigenvalue weighted by Gasteiger charge is -2.06. The number of anilines is 1. The first-order chi connectivity index (χ1) is 9.29. The Hall–Kier alpha value is -1.93. The number of aryl methyl sites for hydroxylation is 1. The smallest absolute Gasteiger partial charge is 0.273 e. The van der Waals surface area contributed by atoms with Gasteiger partial charge in [-0.05, 0) is 24.3 Å². The molecule has 1 N–H and O–H groups in total. The predicted molar refractivity (Wildman–Crippen MR) is 70.6 cm³/mol. The molecule has 20 heavy (non-hydrogen) atoms. The van der Waals surface area contributed by atoms with Gasteiger partial charge in [0.1, 0.15) is 16.4 Å². The Morgan fingerprint density at radius 2 is 2.10 bits per heavy atom. The maximum absolute atomic E-state index is 13.6. The van der Waals surface area contributed by atoms with Gasteiger partial charge in [-0.3, -0.25) is 9.48 Å². The summed E-state index contributed by atoms with van der Waals surface area (Å²) in [6, 6.07) is 4.59. The van der Waals surface area contributed by atoms with Crippen LogP contribution in [0.15, 0.2) is 35.4 Å². The molecule has 0 aliphatic carbocycles. The van der Waals surface area contributed by atoms with Crippen LogP contribution in [0.25, 0.3) is 0 Å². The van der Waals surface area contributed by atoms with Gasteiger partial charge in [-0.15, -0.1) is 0 Å². The Kier molecular flexibility index (Phi) is 3.78. The highest BCUT2D eigenvalue weighted by Crippen LogP contribution is 2.22. The van der Waals surface area contributed by atoms with Crippen LogP contribution in [0, 0.1) is 5.82 Å². The van der Waals surface area contributed by atoms with E-state index >= 15 is 0 Å². The van der Waals surface area contributed by atoms with Crippen LogP contribution >= 0.6 is 10.7 Å². The van der Waals surface area contributed by atoms with E-state index in [-0.39, 0.29) is 11.4 Å². The Balaban J connectivity index is 2.26. The lowest BCUT2D eigenvalue weighted by molar-refractivity contribution is 0.101. The third-order valence-corrected chi connectivity index (χ3v) is 3.86. The van der Waals surface area contributed by atoms with Gasteiger partial charge in [0, 0.05) is 29.6 Å². The standard InChI is InChI=1S/C11H9ClFN3O3S/c1-16-9(4-5-14-16)11(17)15-7-2-3-10(8(13)6-7)20(12,18)19/h2-6H,1H3,(H,15,17). The van der Waals surface area contributed by atoms with E-state index < -0.39 is 25.7 Å². The van der Waals surface area contributed by atoms with Gasteiger partial charge in [-0.2, -0.15) is 5.10 Å². The van der Waals surface area contributed by atoms with Crippen molar-refractivity contribution in [2.75, 3.05) is 5.32 Å². The van der Waals surface area contributed by atoms with Crippen LogP contribution in [0.3, 0.4) is 0 Å². The van der Waals surface area contributed by atoms with E-state index in [1.165, 1.54) is 23.0 Å². The van der Waals surface area contributed by atoms with Crippen LogP contribution in [-0.2, 0) is 16.1 Å². The molecule has 2 aromatic rings. The van der Waals surface area contributed by atoms with Crippen molar-refractivity contribution in [3.63, 3.8) is 0 Å². The van der Waals surface area contributed by atoms with Gasteiger partial charge in [0.05, 0.1) is 0 Å². The van der Waals surface area contributed by atoms with Crippen molar-refractivity contribution in [2.45, 2.75) is 4.90 Å². The van der Waals surface area contributed by atoms with E-state index in [4.69, 9.17) is 10.7 Å². The molecule has 0 fully saturated rings. The molecule has 0 aliphatic heterocycles. The first-order valence-corrected chi connectivity index (χ1v) is 7.63. The maximum atomic E-state index is 13.6. The predicted octanol–water partition coefficient (Wildman–Crippen LogP) is 1.74. The molecular weight excluding hydrogens is 309 g/mol. The average molecular weight is 318 g/mol. The number of hydrogen-bond donors (Lipinski definition) is 1. The molecule has 1 amide bonds. The Bertz CT molecular complexity index is 773. The molecule has 1 aromatic heterocycles. The van der Waals surface area contributed by atoms with Gasteiger partial charge in [0.25, 0.3) is 15.0 Å². The first-order valence-electron chi connectivity index (χ1n) is 5.32. The minimum Gasteiger partial charge on any atom is -0.321 e. The molecular formula is C11H9ClFN3O3S. The fourth-order valence-corrected chi connectivity index (χ4v) is 2.47. The van der Waals surface area contributed by atoms with Crippen LogP contribution in [0.1, 0.15) is 10.5 Å². The number of carbonyl (C=O) groups is 1. The summed E-state index contributed by atoms with van der Waals surface area (Å²) in [6.45, 7) is 0. The lowest BCUT2D eigenvalue weighted by atomic mass is 10.3. The van der Waals surface area contributed by atoms with Crippen molar-refractivity contribution >= 4 is 31.3 Å². The van der Waals surface area contributed by atoms with Crippen molar-refractivity contribution in [3.05, 3.63) is 42.0 Å². The highest BCUT2D eigenvalue weighted by atomic mass is 35.7. The molecule has 0 saturated carbocycles. The first kappa shape index (κ1) is 14.5. The molecule has 0 bridgehead atoms. The summed E-state index contributed by atoms with van der Waals surface area (Å²) in [6.07, 6.45) is 1.44. The second-order valence-electron chi connectivity index (χ2n) is 3.88. The highest BCUT2D eigenvalue weighted by Gasteiger charge is 2.17. The number of rotatable bonds is 3. The minimum atomic E-state index is -4.16. The van der Waals surface area contributed by atoms with Crippen LogP contribution in [0.2, 0.25) is 0 Å². The summed E-state index contributed by atoms with van der Waals surface area (Å²) >= 11 is 0. The topological polar surface area (TPSA) is 81.1 Å². The fourth-order valence-electron chi connectivity index (χ4n) is 1.57. The molecule has 6 nitrogen and oxygen atoms in total. The van der Waals surface area contributed by atoms with Crippen LogP contribution in [-0.4, -0.2) is 24.1 Å². The molecule has 0 radical (unpaired) electrons. The summed E-state index contributed by atoms with van der Waals surface area (Å²) in [5, 5.41) is 6.26. The van der Waals surface area contributed by atoms with Crippen molar-refractivity contribution in [1.82, 2.24) is 9.78 Å². The summed E-state index contributed by atoms with van der Waals surface area (Å²) < 4.78 is 37.0. The van der Waals surface area contributed by atoms with Gasteiger partial charge in [0.2, 0.25) is 0 Å². The van der Waals surface area contributed by atoms with Gasteiger partial charge < -0.3 is 5.32 Å². The van der Waals surface area contributed by atoms with Crippen molar-refractivity contribution in [2.24, 2.45) is 7.05 Å². The van der Waals surface area contributed by atoms with Gasteiger partial charge in [-0.25, -0.2) is 12.8 Å². The monoisotopic (exact) mass is 317 g/mol. The zero-order valence-corrected chi connectivity index (χ0v) is 11.7. The van der Waals surface area contributed by atoms with Crippen molar-refractivity contribution in [1.29, 1.82) is 0 Å². The van der Waals surface area contributed by atoms with E-state index in [1.54, 1.807) is 7.05 Å². The van der Waals surface area contributed by atoms with Gasteiger partial charge >= 0.3 is 0 Å². The number of aromatic nitrogens is 2. The average Bonchev–Trinajstić information content (AvgIpc) is 2.73. The molecule has 0 unspecified atom stereocenters. The zero-order valence-electron chi connectivity index (χ0n) is 10.2. The van der Waals surface area contributed by atoms with Gasteiger partial charge in [-0.1, -0.05) is 0 Å². The van der Waals surface area contributed by atoms with E-state index in [1.807, 2.05) is 0 Å². The second-order valence-corrected chi connectivity index (χ2v) is 6.41. The normalized spacial score (nSPS) is 11.3.